The van der Waals surface area contributed by atoms with Crippen molar-refractivity contribution in [3.63, 3.8) is 0 Å². The van der Waals surface area contributed by atoms with E-state index >= 15 is 0 Å². The molecule has 1 aromatic carbocycles. The summed E-state index contributed by atoms with van der Waals surface area (Å²) in [5.41, 5.74) is 3.19. The number of carbonyl (C=O) groups is 1. The molecule has 0 unspecified atom stereocenters. The lowest BCUT2D eigenvalue weighted by Crippen LogP contribution is -2.31. The molecule has 1 aliphatic heterocycles. The third kappa shape index (κ3) is 2.67. The molecule has 0 saturated carbocycles. The minimum absolute atomic E-state index is 0.0223. The molecule has 3 rings (SSSR count). The molecule has 4 nitrogen and oxygen atoms in total. The van der Waals surface area contributed by atoms with Crippen LogP contribution in [0.3, 0.4) is 0 Å². The van der Waals surface area contributed by atoms with Crippen LogP contribution in [0.25, 0.3) is 0 Å². The van der Waals surface area contributed by atoms with Gasteiger partial charge in [-0.25, -0.2) is 0 Å². The molecule has 21 heavy (non-hydrogen) atoms. The van der Waals surface area contributed by atoms with Gasteiger partial charge in [0.1, 0.15) is 0 Å². The molecule has 1 aliphatic rings. The van der Waals surface area contributed by atoms with Crippen molar-refractivity contribution in [2.24, 2.45) is 4.99 Å². The number of fused-ring (bicyclic) bond motifs is 1. The lowest BCUT2D eigenvalue weighted by molar-refractivity contribution is -0.117. The topological polar surface area (TPSA) is 45.6 Å². The maximum absolute atomic E-state index is 12.5. The third-order valence-corrected chi connectivity index (χ3v) is 3.67. The van der Waals surface area contributed by atoms with Crippen LogP contribution in [0.4, 0.5) is 11.4 Å². The standard InChI is InChI=1S/C16H14ClN3O/c1-2-20-15-9-12(17)3-4-13(15)19-14(10-16(20)21)11-5-7-18-8-6-11/h3-9H,2,10H2,1H3. The molecule has 0 radical (unpaired) electrons. The van der Waals surface area contributed by atoms with E-state index in [-0.39, 0.29) is 12.3 Å². The molecule has 0 atom stereocenters. The van der Waals surface area contributed by atoms with Crippen molar-refractivity contribution in [1.29, 1.82) is 0 Å². The van der Waals surface area contributed by atoms with Crippen molar-refractivity contribution in [2.45, 2.75) is 13.3 Å². The van der Waals surface area contributed by atoms with Crippen molar-refractivity contribution in [3.05, 3.63) is 53.3 Å². The Morgan fingerprint density at radius 2 is 2.00 bits per heavy atom. The number of pyridine rings is 1. The predicted molar refractivity (Wildman–Crippen MR) is 84.5 cm³/mol. The Labute approximate surface area is 128 Å². The largest absolute Gasteiger partial charge is 0.310 e. The average Bonchev–Trinajstić information content (AvgIpc) is 2.63. The number of benzene rings is 1. The summed E-state index contributed by atoms with van der Waals surface area (Å²) in [6.45, 7) is 2.53. The molecular formula is C16H14ClN3O. The highest BCUT2D eigenvalue weighted by atomic mass is 35.5. The zero-order chi connectivity index (χ0) is 14.8. The number of rotatable bonds is 2. The Balaban J connectivity index is 2.15. The average molecular weight is 300 g/mol. The number of nitrogens with zero attached hydrogens (tertiary/aromatic N) is 3. The summed E-state index contributed by atoms with van der Waals surface area (Å²) < 4.78 is 0. The first-order valence-corrected chi connectivity index (χ1v) is 7.14. The second-order valence-electron chi connectivity index (χ2n) is 4.74. The van der Waals surface area contributed by atoms with E-state index in [1.807, 2.05) is 25.1 Å². The quantitative estimate of drug-likeness (QED) is 0.850. The van der Waals surface area contributed by atoms with Crippen LogP contribution in [0, 0.1) is 0 Å². The highest BCUT2D eigenvalue weighted by Crippen LogP contribution is 2.35. The van der Waals surface area contributed by atoms with Gasteiger partial charge in [-0.3, -0.25) is 14.8 Å². The molecule has 0 N–H and O–H groups in total. The van der Waals surface area contributed by atoms with Gasteiger partial charge in [0.25, 0.3) is 0 Å². The molecule has 0 saturated heterocycles. The van der Waals surface area contributed by atoms with Gasteiger partial charge in [0.05, 0.1) is 23.5 Å². The maximum atomic E-state index is 12.5. The van der Waals surface area contributed by atoms with Crippen LogP contribution in [-0.4, -0.2) is 23.1 Å². The van der Waals surface area contributed by atoms with Gasteiger partial charge in [0.15, 0.2) is 0 Å². The van der Waals surface area contributed by atoms with Crippen LogP contribution in [-0.2, 0) is 4.79 Å². The summed E-state index contributed by atoms with van der Waals surface area (Å²) in [6, 6.07) is 9.15. The Morgan fingerprint density at radius 1 is 1.24 bits per heavy atom. The summed E-state index contributed by atoms with van der Waals surface area (Å²) in [6.07, 6.45) is 3.67. The van der Waals surface area contributed by atoms with Crippen molar-refractivity contribution in [2.75, 3.05) is 11.4 Å². The normalized spacial score (nSPS) is 14.5. The zero-order valence-electron chi connectivity index (χ0n) is 11.6. The number of halogens is 1. The van der Waals surface area contributed by atoms with Gasteiger partial charge in [-0.2, -0.15) is 0 Å². The van der Waals surface area contributed by atoms with E-state index in [1.165, 1.54) is 0 Å². The van der Waals surface area contributed by atoms with Crippen molar-refractivity contribution in [3.8, 4) is 0 Å². The molecule has 2 aromatic rings. The number of aliphatic imine (C=N–C) groups is 1. The van der Waals surface area contributed by atoms with Gasteiger partial charge in [-0.15, -0.1) is 0 Å². The fourth-order valence-electron chi connectivity index (χ4n) is 2.42. The first kappa shape index (κ1) is 13.8. The summed E-state index contributed by atoms with van der Waals surface area (Å²) in [5, 5.41) is 0.600. The number of anilines is 1. The van der Waals surface area contributed by atoms with E-state index in [0.29, 0.717) is 11.6 Å². The molecule has 1 amide bonds. The van der Waals surface area contributed by atoms with Crippen LogP contribution >= 0.6 is 11.6 Å². The van der Waals surface area contributed by atoms with E-state index < -0.39 is 0 Å². The van der Waals surface area contributed by atoms with Gasteiger partial charge < -0.3 is 4.90 Å². The second-order valence-corrected chi connectivity index (χ2v) is 5.18. The number of aromatic nitrogens is 1. The highest BCUT2D eigenvalue weighted by molar-refractivity contribution is 6.31. The first-order chi connectivity index (χ1) is 10.2. The third-order valence-electron chi connectivity index (χ3n) is 3.43. The molecule has 0 bridgehead atoms. The lowest BCUT2D eigenvalue weighted by atomic mass is 10.1. The summed E-state index contributed by atoms with van der Waals surface area (Å²) in [5.74, 6) is 0.0223. The van der Waals surface area contributed by atoms with Crippen LogP contribution in [0.2, 0.25) is 5.02 Å². The van der Waals surface area contributed by atoms with E-state index in [0.717, 1.165) is 22.6 Å². The lowest BCUT2D eigenvalue weighted by Gasteiger charge is -2.20. The fourth-order valence-corrected chi connectivity index (χ4v) is 2.59. The van der Waals surface area contributed by atoms with Crippen molar-refractivity contribution < 1.29 is 4.79 Å². The molecule has 0 spiro atoms. The van der Waals surface area contributed by atoms with Crippen LogP contribution in [0.15, 0.2) is 47.7 Å². The van der Waals surface area contributed by atoms with Gasteiger partial charge in [-0.05, 0) is 42.8 Å². The van der Waals surface area contributed by atoms with Crippen LogP contribution < -0.4 is 4.90 Å². The smallest absolute Gasteiger partial charge is 0.233 e. The summed E-state index contributed by atoms with van der Waals surface area (Å²) >= 11 is 6.06. The molecule has 2 heterocycles. The minimum atomic E-state index is 0.0223. The number of hydrogen-bond donors (Lipinski definition) is 0. The Morgan fingerprint density at radius 3 is 2.71 bits per heavy atom. The molecule has 5 heteroatoms. The van der Waals surface area contributed by atoms with Gasteiger partial charge in [0.2, 0.25) is 5.91 Å². The predicted octanol–water partition coefficient (Wildman–Crippen LogP) is 3.61. The van der Waals surface area contributed by atoms with Crippen LogP contribution in [0.1, 0.15) is 18.9 Å². The number of amides is 1. The second kappa shape index (κ2) is 5.66. The Hall–Kier alpha value is -2.20. The SMILES string of the molecule is CCN1C(=O)CC(c2ccncc2)=Nc2ccc(Cl)cc21. The van der Waals surface area contributed by atoms with Crippen molar-refractivity contribution in [1.82, 2.24) is 4.98 Å². The highest BCUT2D eigenvalue weighted by Gasteiger charge is 2.23. The number of carbonyl (C=O) groups excluding carboxylic acids is 1. The number of hydrogen-bond acceptors (Lipinski definition) is 3. The zero-order valence-corrected chi connectivity index (χ0v) is 12.3. The van der Waals surface area contributed by atoms with Gasteiger partial charge in [0, 0.05) is 24.0 Å². The first-order valence-electron chi connectivity index (χ1n) is 6.77. The van der Waals surface area contributed by atoms with Gasteiger partial charge in [-0.1, -0.05) is 11.6 Å². The van der Waals surface area contributed by atoms with E-state index in [4.69, 9.17) is 11.6 Å². The molecule has 0 aliphatic carbocycles. The van der Waals surface area contributed by atoms with Gasteiger partial charge >= 0.3 is 0 Å². The van der Waals surface area contributed by atoms with E-state index in [9.17, 15) is 4.79 Å². The van der Waals surface area contributed by atoms with E-state index in [2.05, 4.69) is 9.98 Å². The summed E-state index contributed by atoms with van der Waals surface area (Å²) in [4.78, 5) is 22.9. The molecule has 106 valence electrons. The molecular weight excluding hydrogens is 286 g/mol. The Kier molecular flexibility index (Phi) is 3.71. The fraction of sp³-hybridized carbons (Fsp3) is 0.188. The molecule has 1 aromatic heterocycles. The maximum Gasteiger partial charge on any atom is 0.233 e. The Bertz CT molecular complexity index is 713. The van der Waals surface area contributed by atoms with Crippen molar-refractivity contribution >= 4 is 34.6 Å². The van der Waals surface area contributed by atoms with Crippen LogP contribution in [0.5, 0.6) is 0 Å². The monoisotopic (exact) mass is 299 g/mol. The van der Waals surface area contributed by atoms with E-state index in [1.54, 1.807) is 29.4 Å². The minimum Gasteiger partial charge on any atom is -0.310 e. The summed E-state index contributed by atoms with van der Waals surface area (Å²) in [7, 11) is 0. The molecule has 0 fully saturated rings.